The number of ether oxygens (including phenoxy) is 1. The maximum Gasteiger partial charge on any atom is 0.351 e. The second kappa shape index (κ2) is 5.87. The second-order valence-corrected chi connectivity index (χ2v) is 3.97. The number of hydrogen-bond acceptors (Lipinski definition) is 6. The van der Waals surface area contributed by atoms with Crippen LogP contribution in [0.25, 0.3) is 11.0 Å². The van der Waals surface area contributed by atoms with Crippen LogP contribution in [0.2, 0.25) is 0 Å². The molecule has 0 aliphatic rings. The van der Waals surface area contributed by atoms with Gasteiger partial charge in [0.25, 0.3) is 5.91 Å². The van der Waals surface area contributed by atoms with Gasteiger partial charge in [0.2, 0.25) is 0 Å². The number of amides is 3. The van der Waals surface area contributed by atoms with E-state index in [-0.39, 0.29) is 5.56 Å². The molecule has 0 unspecified atom stereocenters. The van der Waals surface area contributed by atoms with Gasteiger partial charge in [-0.05, 0) is 12.1 Å². The van der Waals surface area contributed by atoms with Crippen molar-refractivity contribution in [3.05, 3.63) is 46.3 Å². The lowest BCUT2D eigenvalue weighted by molar-refractivity contribution is -0.123. The number of rotatable bonds is 3. The fourth-order valence-corrected chi connectivity index (χ4v) is 1.59. The number of esters is 1. The zero-order valence-corrected chi connectivity index (χ0v) is 10.6. The smallest absolute Gasteiger partial charge is 0.351 e. The van der Waals surface area contributed by atoms with Crippen LogP contribution in [0.5, 0.6) is 0 Å². The fraction of sp³-hybridized carbons (Fsp3) is 0.0769. The molecule has 3 N–H and O–H groups in total. The summed E-state index contributed by atoms with van der Waals surface area (Å²) in [6.45, 7) is -0.742. The van der Waals surface area contributed by atoms with Crippen LogP contribution in [-0.4, -0.2) is 24.5 Å². The van der Waals surface area contributed by atoms with Gasteiger partial charge in [0.15, 0.2) is 6.61 Å². The van der Waals surface area contributed by atoms with Crippen molar-refractivity contribution in [1.29, 1.82) is 0 Å². The summed E-state index contributed by atoms with van der Waals surface area (Å²) >= 11 is 0. The summed E-state index contributed by atoms with van der Waals surface area (Å²) in [4.78, 5) is 44.9. The highest BCUT2D eigenvalue weighted by molar-refractivity contribution is 5.97. The lowest BCUT2D eigenvalue weighted by Crippen LogP contribution is -2.38. The van der Waals surface area contributed by atoms with Crippen LogP contribution in [0.15, 0.2) is 39.5 Å². The van der Waals surface area contributed by atoms with E-state index in [0.717, 1.165) is 0 Å². The van der Waals surface area contributed by atoms with Gasteiger partial charge in [-0.2, -0.15) is 0 Å². The van der Waals surface area contributed by atoms with Crippen molar-refractivity contribution in [3.8, 4) is 0 Å². The van der Waals surface area contributed by atoms with Gasteiger partial charge in [-0.1, -0.05) is 18.2 Å². The van der Waals surface area contributed by atoms with Crippen LogP contribution < -0.4 is 16.7 Å². The maximum atomic E-state index is 11.7. The van der Waals surface area contributed by atoms with Crippen LogP contribution in [0.3, 0.4) is 0 Å². The molecule has 1 heterocycles. The quantitative estimate of drug-likeness (QED) is 0.611. The Bertz CT molecular complexity index is 780. The molecular formula is C13H10N2O6. The highest BCUT2D eigenvalue weighted by Gasteiger charge is 2.16. The number of para-hydroxylation sites is 1. The molecule has 8 heteroatoms. The molecule has 108 valence electrons. The molecule has 2 rings (SSSR count). The molecule has 0 saturated heterocycles. The molecule has 0 saturated carbocycles. The minimum atomic E-state index is -1.07. The third kappa shape index (κ3) is 3.44. The van der Waals surface area contributed by atoms with E-state index in [9.17, 15) is 19.2 Å². The number of hydrogen-bond donors (Lipinski definition) is 2. The van der Waals surface area contributed by atoms with Crippen LogP contribution in [0.1, 0.15) is 10.4 Å². The molecule has 3 amide bonds. The summed E-state index contributed by atoms with van der Waals surface area (Å²) in [5.74, 6) is -1.94. The normalized spacial score (nSPS) is 10.1. The van der Waals surface area contributed by atoms with Gasteiger partial charge in [-0.25, -0.2) is 14.4 Å². The average molecular weight is 290 g/mol. The third-order valence-electron chi connectivity index (χ3n) is 2.46. The molecule has 0 atom stereocenters. The van der Waals surface area contributed by atoms with Crippen molar-refractivity contribution in [2.24, 2.45) is 5.73 Å². The maximum absolute atomic E-state index is 11.7. The van der Waals surface area contributed by atoms with Gasteiger partial charge in [-0.3, -0.25) is 10.1 Å². The van der Waals surface area contributed by atoms with Crippen molar-refractivity contribution in [2.45, 2.75) is 0 Å². The molecule has 2 aromatic rings. The van der Waals surface area contributed by atoms with Gasteiger partial charge in [0, 0.05) is 5.39 Å². The molecule has 0 fully saturated rings. The van der Waals surface area contributed by atoms with Crippen LogP contribution in [0, 0.1) is 0 Å². The highest BCUT2D eigenvalue weighted by atomic mass is 16.5. The number of nitrogens with two attached hydrogens (primary N) is 1. The Kier molecular flexibility index (Phi) is 3.98. The summed E-state index contributed by atoms with van der Waals surface area (Å²) in [7, 11) is 0. The van der Waals surface area contributed by atoms with E-state index in [4.69, 9.17) is 10.2 Å². The van der Waals surface area contributed by atoms with E-state index >= 15 is 0 Å². The van der Waals surface area contributed by atoms with Crippen LogP contribution in [0.4, 0.5) is 4.79 Å². The number of fused-ring (bicyclic) bond motifs is 1. The van der Waals surface area contributed by atoms with E-state index in [1.54, 1.807) is 29.6 Å². The van der Waals surface area contributed by atoms with Gasteiger partial charge in [-0.15, -0.1) is 0 Å². The fourth-order valence-electron chi connectivity index (χ4n) is 1.59. The summed E-state index contributed by atoms with van der Waals surface area (Å²) in [5.41, 5.74) is 3.82. The van der Waals surface area contributed by atoms with Crippen molar-refractivity contribution >= 4 is 28.9 Å². The van der Waals surface area contributed by atoms with E-state index in [1.807, 2.05) is 0 Å². The Morgan fingerprint density at radius 3 is 2.67 bits per heavy atom. The number of carbonyl (C=O) groups excluding carboxylic acids is 3. The third-order valence-corrected chi connectivity index (χ3v) is 2.46. The van der Waals surface area contributed by atoms with Gasteiger partial charge >= 0.3 is 17.6 Å². The lowest BCUT2D eigenvalue weighted by Gasteiger charge is -2.04. The van der Waals surface area contributed by atoms with Crippen LogP contribution in [-0.2, 0) is 9.53 Å². The Morgan fingerprint density at radius 2 is 1.95 bits per heavy atom. The molecule has 1 aromatic heterocycles. The van der Waals surface area contributed by atoms with Gasteiger partial charge < -0.3 is 14.9 Å². The SMILES string of the molecule is NC(=O)NC(=O)COC(=O)c1cc2ccccc2oc1=O. The minimum Gasteiger partial charge on any atom is -0.452 e. The second-order valence-electron chi connectivity index (χ2n) is 3.97. The number of imide groups is 1. The first kappa shape index (κ1) is 14.3. The number of benzene rings is 1. The molecule has 0 aliphatic heterocycles. The lowest BCUT2D eigenvalue weighted by atomic mass is 10.2. The molecular weight excluding hydrogens is 280 g/mol. The number of carbonyl (C=O) groups is 3. The Labute approximate surface area is 117 Å². The van der Waals surface area contributed by atoms with Crippen molar-refractivity contribution in [1.82, 2.24) is 5.32 Å². The van der Waals surface area contributed by atoms with Crippen molar-refractivity contribution in [3.63, 3.8) is 0 Å². The van der Waals surface area contributed by atoms with Crippen LogP contribution >= 0.6 is 0 Å². The molecule has 0 bridgehead atoms. The molecule has 1 aromatic carbocycles. The molecule has 0 spiro atoms. The minimum absolute atomic E-state index is 0.325. The summed E-state index contributed by atoms with van der Waals surface area (Å²) in [6, 6.07) is 6.84. The van der Waals surface area contributed by atoms with Crippen molar-refractivity contribution in [2.75, 3.05) is 6.61 Å². The number of nitrogens with one attached hydrogen (secondary N) is 1. The van der Waals surface area contributed by atoms with Gasteiger partial charge in [0.05, 0.1) is 0 Å². The Morgan fingerprint density at radius 1 is 1.24 bits per heavy atom. The Balaban J connectivity index is 2.16. The summed E-state index contributed by atoms with van der Waals surface area (Å²) in [5, 5.41) is 2.25. The first-order chi connectivity index (χ1) is 9.97. The van der Waals surface area contributed by atoms with E-state index < -0.39 is 30.1 Å². The van der Waals surface area contributed by atoms with E-state index in [1.165, 1.54) is 6.07 Å². The highest BCUT2D eigenvalue weighted by Crippen LogP contribution is 2.12. The topological polar surface area (TPSA) is 129 Å². The number of primary amides is 1. The average Bonchev–Trinajstić information content (AvgIpc) is 2.43. The predicted molar refractivity (Wildman–Crippen MR) is 70.5 cm³/mol. The summed E-state index contributed by atoms with van der Waals surface area (Å²) in [6.07, 6.45) is 0. The summed E-state index contributed by atoms with van der Waals surface area (Å²) < 4.78 is 9.56. The van der Waals surface area contributed by atoms with E-state index in [0.29, 0.717) is 11.0 Å². The predicted octanol–water partition coefficient (Wildman–Crippen LogP) is 0.145. The zero-order valence-electron chi connectivity index (χ0n) is 10.6. The van der Waals surface area contributed by atoms with E-state index in [2.05, 4.69) is 4.74 Å². The molecule has 8 nitrogen and oxygen atoms in total. The first-order valence-corrected chi connectivity index (χ1v) is 5.76. The zero-order chi connectivity index (χ0) is 15.4. The Hall–Kier alpha value is -3.16. The standard InChI is InChI=1S/C13H10N2O6/c14-13(19)15-10(16)6-20-11(17)8-5-7-3-1-2-4-9(7)21-12(8)18/h1-5H,6H2,(H3,14,15,16,19). The largest absolute Gasteiger partial charge is 0.452 e. The first-order valence-electron chi connectivity index (χ1n) is 5.76. The molecule has 0 aliphatic carbocycles. The van der Waals surface area contributed by atoms with Gasteiger partial charge in [0.1, 0.15) is 11.1 Å². The van der Waals surface area contributed by atoms with Crippen molar-refractivity contribution < 1.29 is 23.5 Å². The molecule has 0 radical (unpaired) electrons. The monoisotopic (exact) mass is 290 g/mol. The molecule has 21 heavy (non-hydrogen) atoms. The number of urea groups is 1.